The maximum Gasteiger partial charge on any atom is 0.180 e. The number of carbonyl (C=O) groups is 1. The molecular weight excluding hydrogens is 198 g/mol. The zero-order valence-electron chi connectivity index (χ0n) is 8.67. The molecule has 0 fully saturated rings. The van der Waals surface area contributed by atoms with Gasteiger partial charge in [0.2, 0.25) is 0 Å². The van der Waals surface area contributed by atoms with Crippen LogP contribution in [-0.2, 0) is 0 Å². The van der Waals surface area contributed by atoms with E-state index in [2.05, 4.69) is 4.98 Å². The number of hydrogen-bond donors (Lipinski definition) is 0. The largest absolute Gasteiger partial charge is 0.292 e. The highest BCUT2D eigenvalue weighted by atomic mass is 35.5. The minimum Gasteiger partial charge on any atom is -0.292 e. The van der Waals surface area contributed by atoms with E-state index in [9.17, 15) is 4.79 Å². The molecule has 2 nitrogen and oxygen atoms in total. The SMILES string of the molecule is CCC(=O)c1ccc(C(C)C)c(Cl)n1. The van der Waals surface area contributed by atoms with E-state index in [1.807, 2.05) is 26.8 Å². The van der Waals surface area contributed by atoms with Gasteiger partial charge in [0, 0.05) is 6.42 Å². The molecule has 0 saturated heterocycles. The summed E-state index contributed by atoms with van der Waals surface area (Å²) < 4.78 is 0. The van der Waals surface area contributed by atoms with Crippen LogP contribution in [0.25, 0.3) is 0 Å². The van der Waals surface area contributed by atoms with E-state index in [-0.39, 0.29) is 5.78 Å². The lowest BCUT2D eigenvalue weighted by atomic mass is 10.0. The summed E-state index contributed by atoms with van der Waals surface area (Å²) in [4.78, 5) is 15.4. The van der Waals surface area contributed by atoms with Gasteiger partial charge in [-0.1, -0.05) is 38.4 Å². The summed E-state index contributed by atoms with van der Waals surface area (Å²) in [6, 6.07) is 3.62. The zero-order chi connectivity index (χ0) is 10.7. The first-order valence-corrected chi connectivity index (χ1v) is 5.13. The predicted octanol–water partition coefficient (Wildman–Crippen LogP) is 3.45. The average Bonchev–Trinajstić information content (AvgIpc) is 2.15. The van der Waals surface area contributed by atoms with E-state index in [0.29, 0.717) is 23.2 Å². The Morgan fingerprint density at radius 2 is 2.14 bits per heavy atom. The van der Waals surface area contributed by atoms with Crippen molar-refractivity contribution in [2.45, 2.75) is 33.1 Å². The van der Waals surface area contributed by atoms with Crippen molar-refractivity contribution in [3.05, 3.63) is 28.5 Å². The van der Waals surface area contributed by atoms with Gasteiger partial charge in [-0.05, 0) is 17.5 Å². The van der Waals surface area contributed by atoms with Crippen molar-refractivity contribution in [2.75, 3.05) is 0 Å². The van der Waals surface area contributed by atoms with Crippen LogP contribution in [0.5, 0.6) is 0 Å². The van der Waals surface area contributed by atoms with Crippen LogP contribution in [0.2, 0.25) is 5.15 Å². The summed E-state index contributed by atoms with van der Waals surface area (Å²) in [6.07, 6.45) is 0.463. The van der Waals surface area contributed by atoms with Gasteiger partial charge in [0.25, 0.3) is 0 Å². The molecule has 0 aromatic carbocycles. The molecule has 3 heteroatoms. The molecule has 1 heterocycles. The van der Waals surface area contributed by atoms with Gasteiger partial charge in [-0.25, -0.2) is 4.98 Å². The molecule has 0 aliphatic carbocycles. The number of pyridine rings is 1. The molecule has 76 valence electrons. The fourth-order valence-electron chi connectivity index (χ4n) is 1.21. The van der Waals surface area contributed by atoms with Crippen LogP contribution in [-0.4, -0.2) is 10.8 Å². The third-order valence-corrected chi connectivity index (χ3v) is 2.41. The maximum atomic E-state index is 11.3. The fraction of sp³-hybridized carbons (Fsp3) is 0.455. The summed E-state index contributed by atoms with van der Waals surface area (Å²) >= 11 is 5.96. The van der Waals surface area contributed by atoms with Gasteiger partial charge in [-0.15, -0.1) is 0 Å². The Hall–Kier alpha value is -0.890. The molecule has 0 amide bonds. The van der Waals surface area contributed by atoms with Gasteiger partial charge in [-0.2, -0.15) is 0 Å². The molecule has 0 spiro atoms. The van der Waals surface area contributed by atoms with Crippen molar-refractivity contribution in [1.29, 1.82) is 0 Å². The minimum atomic E-state index is 0.0298. The summed E-state index contributed by atoms with van der Waals surface area (Å²) in [5.41, 5.74) is 1.45. The molecule has 0 bridgehead atoms. The quantitative estimate of drug-likeness (QED) is 0.566. The topological polar surface area (TPSA) is 30.0 Å². The first kappa shape index (κ1) is 11.2. The Labute approximate surface area is 89.3 Å². The molecule has 0 aliphatic heterocycles. The zero-order valence-corrected chi connectivity index (χ0v) is 9.43. The highest BCUT2D eigenvalue weighted by Gasteiger charge is 2.10. The maximum absolute atomic E-state index is 11.3. The first-order chi connectivity index (χ1) is 6.56. The Bertz CT molecular complexity index is 347. The smallest absolute Gasteiger partial charge is 0.180 e. The standard InChI is InChI=1S/C11H14ClNO/c1-4-10(14)9-6-5-8(7(2)3)11(12)13-9/h5-7H,4H2,1-3H3. The average molecular weight is 212 g/mol. The van der Waals surface area contributed by atoms with Crippen LogP contribution in [0, 0.1) is 0 Å². The summed E-state index contributed by atoms with van der Waals surface area (Å²) in [5.74, 6) is 0.364. The Kier molecular flexibility index (Phi) is 3.64. The van der Waals surface area contributed by atoms with Crippen LogP contribution < -0.4 is 0 Å². The van der Waals surface area contributed by atoms with Crippen LogP contribution >= 0.6 is 11.6 Å². The Balaban J connectivity index is 3.06. The van der Waals surface area contributed by atoms with Crippen LogP contribution in [0.4, 0.5) is 0 Å². The lowest BCUT2D eigenvalue weighted by molar-refractivity contribution is 0.0983. The number of Topliss-reactive ketones (excluding diaryl/α,β-unsaturated/α-hetero) is 1. The van der Waals surface area contributed by atoms with E-state index >= 15 is 0 Å². The highest BCUT2D eigenvalue weighted by Crippen LogP contribution is 2.22. The molecule has 0 N–H and O–H groups in total. The van der Waals surface area contributed by atoms with Crippen molar-refractivity contribution >= 4 is 17.4 Å². The molecule has 0 radical (unpaired) electrons. The van der Waals surface area contributed by atoms with Gasteiger partial charge in [-0.3, -0.25) is 4.79 Å². The molecule has 14 heavy (non-hydrogen) atoms. The van der Waals surface area contributed by atoms with Gasteiger partial charge >= 0.3 is 0 Å². The summed E-state index contributed by atoms with van der Waals surface area (Å²) in [7, 11) is 0. The normalized spacial score (nSPS) is 10.6. The second-order valence-corrected chi connectivity index (χ2v) is 3.87. The summed E-state index contributed by atoms with van der Waals surface area (Å²) in [6.45, 7) is 5.91. The van der Waals surface area contributed by atoms with Crippen molar-refractivity contribution in [2.24, 2.45) is 0 Å². The number of rotatable bonds is 3. The van der Waals surface area contributed by atoms with E-state index < -0.39 is 0 Å². The third kappa shape index (κ3) is 2.32. The number of halogens is 1. The summed E-state index contributed by atoms with van der Waals surface area (Å²) in [5, 5.41) is 0.444. The monoisotopic (exact) mass is 211 g/mol. The number of carbonyl (C=O) groups excluding carboxylic acids is 1. The minimum absolute atomic E-state index is 0.0298. The highest BCUT2D eigenvalue weighted by molar-refractivity contribution is 6.30. The molecule has 0 aliphatic rings. The molecule has 0 saturated carbocycles. The molecule has 1 aromatic heterocycles. The lowest BCUT2D eigenvalue weighted by Crippen LogP contribution is -2.02. The second-order valence-electron chi connectivity index (χ2n) is 3.51. The van der Waals surface area contributed by atoms with Gasteiger partial charge in [0.05, 0.1) is 0 Å². The van der Waals surface area contributed by atoms with E-state index in [0.717, 1.165) is 5.56 Å². The van der Waals surface area contributed by atoms with Crippen molar-refractivity contribution in [3.63, 3.8) is 0 Å². The van der Waals surface area contributed by atoms with E-state index in [4.69, 9.17) is 11.6 Å². The van der Waals surface area contributed by atoms with Gasteiger partial charge in [0.1, 0.15) is 10.8 Å². The Morgan fingerprint density at radius 1 is 1.50 bits per heavy atom. The number of aromatic nitrogens is 1. The second kappa shape index (κ2) is 4.56. The van der Waals surface area contributed by atoms with Crippen molar-refractivity contribution in [3.8, 4) is 0 Å². The lowest BCUT2D eigenvalue weighted by Gasteiger charge is -2.07. The predicted molar refractivity (Wildman–Crippen MR) is 58.0 cm³/mol. The fourth-order valence-corrected chi connectivity index (χ4v) is 1.58. The van der Waals surface area contributed by atoms with Gasteiger partial charge in [0.15, 0.2) is 5.78 Å². The number of ketones is 1. The molecule has 1 rings (SSSR count). The van der Waals surface area contributed by atoms with Crippen LogP contribution in [0.3, 0.4) is 0 Å². The Morgan fingerprint density at radius 3 is 2.57 bits per heavy atom. The molecule has 0 unspecified atom stereocenters. The molecule has 1 aromatic rings. The number of nitrogens with zero attached hydrogens (tertiary/aromatic N) is 1. The van der Waals surface area contributed by atoms with E-state index in [1.165, 1.54) is 0 Å². The van der Waals surface area contributed by atoms with E-state index in [1.54, 1.807) is 6.07 Å². The van der Waals surface area contributed by atoms with Gasteiger partial charge < -0.3 is 0 Å². The molecular formula is C11H14ClNO. The first-order valence-electron chi connectivity index (χ1n) is 4.76. The van der Waals surface area contributed by atoms with Crippen LogP contribution in [0.15, 0.2) is 12.1 Å². The van der Waals surface area contributed by atoms with Crippen LogP contribution in [0.1, 0.15) is 49.2 Å². The third-order valence-electron chi connectivity index (χ3n) is 2.11. The number of hydrogen-bond acceptors (Lipinski definition) is 2. The molecule has 0 atom stereocenters. The van der Waals surface area contributed by atoms with Crippen molar-refractivity contribution in [1.82, 2.24) is 4.98 Å². The van der Waals surface area contributed by atoms with Crippen molar-refractivity contribution < 1.29 is 4.79 Å².